The second-order valence-corrected chi connectivity index (χ2v) is 5.60. The Hall–Kier alpha value is -0.900. The summed E-state index contributed by atoms with van der Waals surface area (Å²) in [5.74, 6) is 0. The lowest BCUT2D eigenvalue weighted by atomic mass is 10.0. The van der Waals surface area contributed by atoms with Gasteiger partial charge in [0.15, 0.2) is 0 Å². The van der Waals surface area contributed by atoms with Gasteiger partial charge in [-0.1, -0.05) is 36.2 Å². The van der Waals surface area contributed by atoms with Crippen LogP contribution in [0.1, 0.15) is 36.1 Å². The smallest absolute Gasteiger partial charge is 0.0917 e. The van der Waals surface area contributed by atoms with Crippen molar-refractivity contribution in [3.8, 4) is 0 Å². The minimum Gasteiger partial charge on any atom is -0.387 e. The topological polar surface area (TPSA) is 32.7 Å². The maximum atomic E-state index is 10.4. The van der Waals surface area contributed by atoms with E-state index >= 15 is 0 Å². The number of ether oxygens (including phenoxy) is 1. The highest BCUT2D eigenvalue weighted by atomic mass is 16.5. The summed E-state index contributed by atoms with van der Waals surface area (Å²) in [5, 5.41) is 10.4. The standard InChI is InChI=1S/C16H25NO2/c1-4-15-10-17(5-6-19-15)11-16(18)14-8-12(2)7-13(3)9-14/h7-9,15-16,18H,4-6,10-11H2,1-3H3. The Balaban J connectivity index is 1.98. The van der Waals surface area contributed by atoms with Crippen LogP contribution >= 0.6 is 0 Å². The maximum absolute atomic E-state index is 10.4. The van der Waals surface area contributed by atoms with Crippen LogP contribution in [-0.4, -0.2) is 42.4 Å². The first-order valence-corrected chi connectivity index (χ1v) is 7.18. The summed E-state index contributed by atoms with van der Waals surface area (Å²) in [6.07, 6.45) is 0.949. The minimum atomic E-state index is -0.408. The molecule has 1 N–H and O–H groups in total. The third kappa shape index (κ3) is 4.03. The van der Waals surface area contributed by atoms with E-state index in [1.807, 2.05) is 0 Å². The molecule has 0 aliphatic carbocycles. The zero-order valence-electron chi connectivity index (χ0n) is 12.2. The Morgan fingerprint density at radius 1 is 1.32 bits per heavy atom. The molecule has 0 amide bonds. The van der Waals surface area contributed by atoms with Crippen LogP contribution in [0.2, 0.25) is 0 Å². The second kappa shape index (κ2) is 6.51. The van der Waals surface area contributed by atoms with Crippen LogP contribution in [0.4, 0.5) is 0 Å². The molecule has 0 radical (unpaired) electrons. The Bertz CT molecular complexity index is 399. The number of hydrogen-bond donors (Lipinski definition) is 1. The molecule has 2 unspecified atom stereocenters. The van der Waals surface area contributed by atoms with E-state index in [1.165, 1.54) is 11.1 Å². The molecule has 0 aromatic heterocycles. The molecule has 3 nitrogen and oxygen atoms in total. The molecule has 0 bridgehead atoms. The van der Waals surface area contributed by atoms with Gasteiger partial charge in [-0.15, -0.1) is 0 Å². The van der Waals surface area contributed by atoms with E-state index in [4.69, 9.17) is 4.74 Å². The number of aliphatic hydroxyl groups excluding tert-OH is 1. The number of aliphatic hydroxyl groups is 1. The zero-order valence-corrected chi connectivity index (χ0v) is 12.2. The van der Waals surface area contributed by atoms with Crippen molar-refractivity contribution < 1.29 is 9.84 Å². The molecule has 0 spiro atoms. The van der Waals surface area contributed by atoms with E-state index in [0.29, 0.717) is 12.6 Å². The summed E-state index contributed by atoms with van der Waals surface area (Å²) in [4.78, 5) is 2.31. The van der Waals surface area contributed by atoms with Crippen molar-refractivity contribution >= 4 is 0 Å². The monoisotopic (exact) mass is 263 g/mol. The number of morpholine rings is 1. The van der Waals surface area contributed by atoms with Gasteiger partial charge in [0, 0.05) is 19.6 Å². The zero-order chi connectivity index (χ0) is 13.8. The van der Waals surface area contributed by atoms with Crippen LogP contribution in [0, 0.1) is 13.8 Å². The molecule has 3 heteroatoms. The SMILES string of the molecule is CCC1CN(CC(O)c2cc(C)cc(C)c2)CCO1. The van der Waals surface area contributed by atoms with Gasteiger partial charge in [-0.05, 0) is 25.8 Å². The van der Waals surface area contributed by atoms with Crippen molar-refractivity contribution in [2.75, 3.05) is 26.2 Å². The Labute approximate surface area is 116 Å². The highest BCUT2D eigenvalue weighted by molar-refractivity contribution is 5.30. The molecule has 1 saturated heterocycles. The van der Waals surface area contributed by atoms with E-state index in [0.717, 1.165) is 31.7 Å². The molecule has 19 heavy (non-hydrogen) atoms. The Morgan fingerprint density at radius 2 is 2.00 bits per heavy atom. The summed E-state index contributed by atoms with van der Waals surface area (Å²) in [6.45, 7) is 9.61. The summed E-state index contributed by atoms with van der Waals surface area (Å²) < 4.78 is 5.66. The van der Waals surface area contributed by atoms with Crippen LogP contribution in [0.15, 0.2) is 18.2 Å². The molecule has 1 aromatic rings. The Kier molecular flexibility index (Phi) is 4.97. The van der Waals surface area contributed by atoms with Gasteiger partial charge in [0.25, 0.3) is 0 Å². The van der Waals surface area contributed by atoms with Crippen LogP contribution in [-0.2, 0) is 4.74 Å². The van der Waals surface area contributed by atoms with Crippen molar-refractivity contribution in [1.29, 1.82) is 0 Å². The third-order valence-electron chi connectivity index (χ3n) is 3.74. The van der Waals surface area contributed by atoms with E-state index in [-0.39, 0.29) is 0 Å². The van der Waals surface area contributed by atoms with E-state index < -0.39 is 6.10 Å². The lowest BCUT2D eigenvalue weighted by Gasteiger charge is -2.33. The molecular formula is C16H25NO2. The van der Waals surface area contributed by atoms with Gasteiger partial charge in [0.05, 0.1) is 18.8 Å². The Morgan fingerprint density at radius 3 is 2.63 bits per heavy atom. The highest BCUT2D eigenvalue weighted by Gasteiger charge is 2.21. The van der Waals surface area contributed by atoms with Crippen molar-refractivity contribution in [3.63, 3.8) is 0 Å². The lowest BCUT2D eigenvalue weighted by Crippen LogP contribution is -2.43. The number of β-amino-alcohol motifs (C(OH)–C–C–N with tert-alkyl or cyclic N) is 1. The first-order valence-electron chi connectivity index (χ1n) is 7.18. The van der Waals surface area contributed by atoms with Crippen molar-refractivity contribution in [1.82, 2.24) is 4.90 Å². The largest absolute Gasteiger partial charge is 0.387 e. The van der Waals surface area contributed by atoms with Crippen LogP contribution in [0.3, 0.4) is 0 Å². The fraction of sp³-hybridized carbons (Fsp3) is 0.625. The molecule has 1 heterocycles. The maximum Gasteiger partial charge on any atom is 0.0917 e. The summed E-state index contributed by atoms with van der Waals surface area (Å²) >= 11 is 0. The van der Waals surface area contributed by atoms with E-state index in [1.54, 1.807) is 0 Å². The van der Waals surface area contributed by atoms with Crippen LogP contribution in [0.5, 0.6) is 0 Å². The fourth-order valence-electron chi connectivity index (χ4n) is 2.75. The normalized spacial score (nSPS) is 22.4. The molecular weight excluding hydrogens is 238 g/mol. The highest BCUT2D eigenvalue weighted by Crippen LogP contribution is 2.19. The molecule has 1 aromatic carbocycles. The van der Waals surface area contributed by atoms with Crippen molar-refractivity contribution in [3.05, 3.63) is 34.9 Å². The van der Waals surface area contributed by atoms with Crippen molar-refractivity contribution in [2.45, 2.75) is 39.4 Å². The molecule has 1 aliphatic heterocycles. The average Bonchev–Trinajstić information content (AvgIpc) is 2.37. The summed E-state index contributed by atoms with van der Waals surface area (Å²) in [7, 11) is 0. The first-order chi connectivity index (χ1) is 9.08. The van der Waals surface area contributed by atoms with Gasteiger partial charge < -0.3 is 9.84 Å². The first kappa shape index (κ1) is 14.5. The number of benzene rings is 1. The second-order valence-electron chi connectivity index (χ2n) is 5.60. The average molecular weight is 263 g/mol. The minimum absolute atomic E-state index is 0.320. The molecule has 0 saturated carbocycles. The molecule has 106 valence electrons. The van der Waals surface area contributed by atoms with Gasteiger partial charge in [-0.25, -0.2) is 0 Å². The lowest BCUT2D eigenvalue weighted by molar-refractivity contribution is -0.0418. The van der Waals surface area contributed by atoms with Crippen molar-refractivity contribution in [2.24, 2.45) is 0 Å². The fourth-order valence-corrected chi connectivity index (χ4v) is 2.75. The predicted octanol–water partition coefficient (Wildman–Crippen LogP) is 2.45. The molecule has 1 fully saturated rings. The summed E-state index contributed by atoms with van der Waals surface area (Å²) in [5.41, 5.74) is 3.45. The van der Waals surface area contributed by atoms with Gasteiger partial charge in [-0.2, -0.15) is 0 Å². The number of rotatable bonds is 4. The summed E-state index contributed by atoms with van der Waals surface area (Å²) in [6, 6.07) is 6.29. The molecule has 2 rings (SSSR count). The number of aryl methyl sites for hydroxylation is 2. The van der Waals surface area contributed by atoms with Crippen LogP contribution in [0.25, 0.3) is 0 Å². The van der Waals surface area contributed by atoms with Gasteiger partial charge in [-0.3, -0.25) is 4.90 Å². The quantitative estimate of drug-likeness (QED) is 0.905. The van der Waals surface area contributed by atoms with Gasteiger partial charge in [0.1, 0.15) is 0 Å². The van der Waals surface area contributed by atoms with E-state index in [2.05, 4.69) is 43.9 Å². The number of hydrogen-bond acceptors (Lipinski definition) is 3. The van der Waals surface area contributed by atoms with Gasteiger partial charge in [0.2, 0.25) is 0 Å². The third-order valence-corrected chi connectivity index (χ3v) is 3.74. The predicted molar refractivity (Wildman–Crippen MR) is 77.3 cm³/mol. The molecule has 2 atom stereocenters. The van der Waals surface area contributed by atoms with Gasteiger partial charge >= 0.3 is 0 Å². The van der Waals surface area contributed by atoms with E-state index in [9.17, 15) is 5.11 Å². The van der Waals surface area contributed by atoms with Crippen LogP contribution < -0.4 is 0 Å². The molecule has 1 aliphatic rings. The number of nitrogens with zero attached hydrogens (tertiary/aromatic N) is 1.